The summed E-state index contributed by atoms with van der Waals surface area (Å²) >= 11 is 6.54. The van der Waals surface area contributed by atoms with Gasteiger partial charge in [-0.3, -0.25) is 14.6 Å². The average molecular weight is 487 g/mol. The highest BCUT2D eigenvalue weighted by Gasteiger charge is 2.22. The van der Waals surface area contributed by atoms with Gasteiger partial charge in [0.25, 0.3) is 5.91 Å². The normalized spacial score (nSPS) is 13.4. The molecule has 3 N–H and O–H groups in total. The third-order valence-electron chi connectivity index (χ3n) is 5.96. The number of aromatic nitrogens is 3. The number of carbonyl (C=O) groups excluding carboxylic acids is 2. The number of hydrogen-bond donors (Lipinski definition) is 2. The minimum absolute atomic E-state index is 0.0230. The van der Waals surface area contributed by atoms with E-state index in [0.717, 1.165) is 17.4 Å². The molecule has 0 unspecified atom stereocenters. The summed E-state index contributed by atoms with van der Waals surface area (Å²) in [6.07, 6.45) is 3.09. The van der Waals surface area contributed by atoms with Gasteiger partial charge in [0.1, 0.15) is 0 Å². The molecule has 2 amide bonds. The number of nitrogen functional groups attached to an aromatic ring is 1. The Morgan fingerprint density at radius 3 is 2.63 bits per heavy atom. The number of amides is 2. The summed E-state index contributed by atoms with van der Waals surface area (Å²) in [4.78, 5) is 40.2. The van der Waals surface area contributed by atoms with E-state index >= 15 is 0 Å². The summed E-state index contributed by atoms with van der Waals surface area (Å²) in [5.74, 6) is -0.317. The van der Waals surface area contributed by atoms with Gasteiger partial charge in [-0.05, 0) is 24.6 Å². The Hall–Kier alpha value is -4.04. The molecule has 3 heterocycles. The first-order valence-corrected chi connectivity index (χ1v) is 11.7. The van der Waals surface area contributed by atoms with E-state index in [1.54, 1.807) is 17.2 Å². The predicted molar refractivity (Wildman–Crippen MR) is 136 cm³/mol. The first kappa shape index (κ1) is 22.7. The largest absolute Gasteiger partial charge is 0.382 e. The van der Waals surface area contributed by atoms with Crippen LogP contribution < -0.4 is 11.1 Å². The molecule has 0 spiro atoms. The molecule has 35 heavy (non-hydrogen) atoms. The number of likely N-dealkylation sites (tertiary alicyclic amines) is 1. The molecule has 2 aromatic carbocycles. The van der Waals surface area contributed by atoms with E-state index in [1.807, 2.05) is 48.5 Å². The van der Waals surface area contributed by atoms with Gasteiger partial charge in [0.2, 0.25) is 5.91 Å². The maximum Gasteiger partial charge on any atom is 0.273 e. The van der Waals surface area contributed by atoms with Crippen molar-refractivity contribution in [3.8, 4) is 22.5 Å². The highest BCUT2D eigenvalue weighted by atomic mass is 35.5. The summed E-state index contributed by atoms with van der Waals surface area (Å²) in [5, 5.41) is 4.13. The van der Waals surface area contributed by atoms with E-state index in [1.165, 1.54) is 0 Å². The molecular formula is C26H23ClN6O2. The highest BCUT2D eigenvalue weighted by Crippen LogP contribution is 2.34. The first-order valence-electron chi connectivity index (χ1n) is 11.3. The van der Waals surface area contributed by atoms with Crippen LogP contribution in [0.1, 0.15) is 23.3 Å². The van der Waals surface area contributed by atoms with Crippen LogP contribution in [0.4, 0.5) is 5.82 Å². The number of benzene rings is 2. The lowest BCUT2D eigenvalue weighted by atomic mass is 10.0. The fourth-order valence-electron chi connectivity index (χ4n) is 4.23. The zero-order chi connectivity index (χ0) is 24.4. The Bertz CT molecular complexity index is 1430. The molecule has 2 aromatic heterocycles. The molecule has 0 bridgehead atoms. The number of rotatable bonds is 6. The van der Waals surface area contributed by atoms with Crippen LogP contribution in [0.5, 0.6) is 0 Å². The Morgan fingerprint density at radius 2 is 1.86 bits per heavy atom. The number of fused-ring (bicyclic) bond motifs is 1. The van der Waals surface area contributed by atoms with E-state index in [4.69, 9.17) is 17.3 Å². The molecule has 1 saturated heterocycles. The number of carbonyl (C=O) groups is 2. The second-order valence-electron chi connectivity index (χ2n) is 8.29. The summed E-state index contributed by atoms with van der Waals surface area (Å²) in [6, 6.07) is 16.9. The van der Waals surface area contributed by atoms with Crippen LogP contribution in [0.3, 0.4) is 0 Å². The van der Waals surface area contributed by atoms with Crippen LogP contribution >= 0.6 is 11.6 Å². The number of anilines is 1. The summed E-state index contributed by atoms with van der Waals surface area (Å²) in [7, 11) is 0. The lowest BCUT2D eigenvalue weighted by Crippen LogP contribution is -2.36. The highest BCUT2D eigenvalue weighted by molar-refractivity contribution is 6.35. The second-order valence-corrected chi connectivity index (χ2v) is 8.70. The van der Waals surface area contributed by atoms with Gasteiger partial charge >= 0.3 is 0 Å². The molecule has 1 aliphatic rings. The maximum atomic E-state index is 13.0. The van der Waals surface area contributed by atoms with Crippen molar-refractivity contribution in [2.24, 2.45) is 0 Å². The van der Waals surface area contributed by atoms with Gasteiger partial charge in [-0.25, -0.2) is 9.97 Å². The van der Waals surface area contributed by atoms with Gasteiger partial charge in [-0.1, -0.05) is 48.0 Å². The van der Waals surface area contributed by atoms with Crippen molar-refractivity contribution >= 4 is 40.1 Å². The van der Waals surface area contributed by atoms with Gasteiger partial charge in [0.05, 0.1) is 21.9 Å². The molecule has 0 saturated carbocycles. The van der Waals surface area contributed by atoms with Crippen molar-refractivity contribution in [1.29, 1.82) is 0 Å². The lowest BCUT2D eigenvalue weighted by Gasteiger charge is -2.16. The minimum Gasteiger partial charge on any atom is -0.382 e. The van der Waals surface area contributed by atoms with Crippen LogP contribution in [0.2, 0.25) is 5.02 Å². The van der Waals surface area contributed by atoms with Gasteiger partial charge < -0.3 is 16.0 Å². The Morgan fingerprint density at radius 1 is 1.06 bits per heavy atom. The van der Waals surface area contributed by atoms with E-state index < -0.39 is 5.91 Å². The quantitative estimate of drug-likeness (QED) is 0.426. The topological polar surface area (TPSA) is 114 Å². The molecule has 8 nitrogen and oxygen atoms in total. The minimum atomic E-state index is -0.448. The third kappa shape index (κ3) is 4.65. The van der Waals surface area contributed by atoms with Crippen molar-refractivity contribution in [3.63, 3.8) is 0 Å². The molecule has 1 fully saturated rings. The SMILES string of the molecule is Nc1nc(-c2ccccc2)c(-c2cc(Cl)c3ncccc3c2)nc1C(=O)NCCN1CCCC1=O. The van der Waals surface area contributed by atoms with Crippen LogP contribution in [0, 0.1) is 0 Å². The van der Waals surface area contributed by atoms with Gasteiger partial charge in [0.15, 0.2) is 11.5 Å². The smallest absolute Gasteiger partial charge is 0.273 e. The molecule has 1 aliphatic heterocycles. The Kier molecular flexibility index (Phi) is 6.29. The van der Waals surface area contributed by atoms with Crippen LogP contribution in [0.15, 0.2) is 60.8 Å². The number of halogens is 1. The first-order chi connectivity index (χ1) is 17.0. The van der Waals surface area contributed by atoms with Crippen LogP contribution in [-0.4, -0.2) is 51.3 Å². The molecule has 5 rings (SSSR count). The lowest BCUT2D eigenvalue weighted by molar-refractivity contribution is -0.127. The zero-order valence-electron chi connectivity index (χ0n) is 18.9. The molecule has 4 aromatic rings. The van der Waals surface area contributed by atoms with Crippen LogP contribution in [0.25, 0.3) is 33.4 Å². The molecule has 0 radical (unpaired) electrons. The van der Waals surface area contributed by atoms with Crippen molar-refractivity contribution in [1.82, 2.24) is 25.2 Å². The second kappa shape index (κ2) is 9.68. The van der Waals surface area contributed by atoms with Gasteiger partial charge in [-0.2, -0.15) is 0 Å². The number of hydrogen-bond acceptors (Lipinski definition) is 6. The van der Waals surface area contributed by atoms with E-state index in [0.29, 0.717) is 53.5 Å². The van der Waals surface area contributed by atoms with Gasteiger partial charge in [0, 0.05) is 48.8 Å². The van der Waals surface area contributed by atoms with Gasteiger partial charge in [-0.15, -0.1) is 0 Å². The van der Waals surface area contributed by atoms with Crippen molar-refractivity contribution in [3.05, 3.63) is 71.5 Å². The van der Waals surface area contributed by atoms with E-state index in [9.17, 15) is 9.59 Å². The monoisotopic (exact) mass is 486 g/mol. The van der Waals surface area contributed by atoms with E-state index in [2.05, 4.69) is 20.3 Å². The third-order valence-corrected chi connectivity index (χ3v) is 6.24. The number of pyridine rings is 1. The Balaban J connectivity index is 1.53. The summed E-state index contributed by atoms with van der Waals surface area (Å²) < 4.78 is 0. The fraction of sp³-hybridized carbons (Fsp3) is 0.192. The standard InChI is InChI=1S/C26H23ClN6O2/c27-19-15-18(14-17-8-4-10-29-21(17)19)23-22(16-6-2-1-3-7-16)32-25(28)24(31-23)26(35)30-11-13-33-12-5-9-20(33)34/h1-4,6-8,10,14-15H,5,9,11-13H2,(H2,28,32)(H,30,35). The molecule has 176 valence electrons. The molecule has 9 heteroatoms. The maximum absolute atomic E-state index is 13.0. The molecule has 0 aliphatic carbocycles. The van der Waals surface area contributed by atoms with Crippen molar-refractivity contribution < 1.29 is 9.59 Å². The average Bonchev–Trinajstić information content (AvgIpc) is 3.28. The number of nitrogens with one attached hydrogen (secondary N) is 1. The van der Waals surface area contributed by atoms with Crippen LogP contribution in [-0.2, 0) is 4.79 Å². The van der Waals surface area contributed by atoms with Crippen molar-refractivity contribution in [2.45, 2.75) is 12.8 Å². The summed E-state index contributed by atoms with van der Waals surface area (Å²) in [5.41, 5.74) is 9.44. The molecule has 0 atom stereocenters. The number of nitrogens with two attached hydrogens (primary N) is 1. The number of nitrogens with zero attached hydrogens (tertiary/aromatic N) is 4. The zero-order valence-corrected chi connectivity index (χ0v) is 19.6. The Labute approximate surface area is 207 Å². The summed E-state index contributed by atoms with van der Waals surface area (Å²) in [6.45, 7) is 1.46. The van der Waals surface area contributed by atoms with E-state index in [-0.39, 0.29) is 17.4 Å². The molecular weight excluding hydrogens is 464 g/mol. The fourth-order valence-corrected chi connectivity index (χ4v) is 4.50. The predicted octanol–water partition coefficient (Wildman–Crippen LogP) is 3.95. The van der Waals surface area contributed by atoms with Crippen molar-refractivity contribution in [2.75, 3.05) is 25.4 Å².